The van der Waals surface area contributed by atoms with Crippen molar-refractivity contribution < 1.29 is 4.79 Å². The van der Waals surface area contributed by atoms with Crippen molar-refractivity contribution in [2.75, 3.05) is 11.9 Å². The topological polar surface area (TPSA) is 46.1 Å². The number of rotatable bonds is 4. The fourth-order valence-corrected chi connectivity index (χ4v) is 3.22. The minimum Gasteiger partial charge on any atom is -0.286 e. The van der Waals surface area contributed by atoms with Gasteiger partial charge >= 0.3 is 0 Å². The molecule has 0 unspecified atom stereocenters. The van der Waals surface area contributed by atoms with Crippen molar-refractivity contribution in [3.05, 3.63) is 69.7 Å². The third-order valence-corrected chi connectivity index (χ3v) is 5.24. The maximum atomic E-state index is 12.3. The van der Waals surface area contributed by atoms with Gasteiger partial charge in [-0.05, 0) is 35.9 Å². The van der Waals surface area contributed by atoms with Gasteiger partial charge in [-0.15, -0.1) is 10.2 Å². The summed E-state index contributed by atoms with van der Waals surface area (Å²) >= 11 is 10.6. The normalized spacial score (nSPS) is 11.0. The maximum absolute atomic E-state index is 12.3. The fraction of sp³-hybridized carbons (Fsp3) is 0.0556. The molecule has 1 heterocycles. The summed E-state index contributed by atoms with van der Waals surface area (Å²) < 4.78 is 1.00. The molecule has 0 spiro atoms. The van der Waals surface area contributed by atoms with Crippen LogP contribution in [0.3, 0.4) is 0 Å². The molecule has 0 aliphatic heterocycles. The number of anilines is 1. The Morgan fingerprint density at radius 2 is 1.80 bits per heavy atom. The lowest BCUT2D eigenvalue weighted by atomic mass is 10.2. The molecule has 1 amide bonds. The Morgan fingerprint density at radius 3 is 2.48 bits per heavy atom. The Bertz CT molecular complexity index is 907. The molecule has 0 radical (unpaired) electrons. The number of amides is 1. The molecule has 0 aliphatic rings. The number of hydrogen-bond acceptors (Lipinski definition) is 4. The molecule has 2 aromatic carbocycles. The molecular formula is C18H13BrClN3OS. The van der Waals surface area contributed by atoms with E-state index in [0.29, 0.717) is 10.2 Å². The first-order chi connectivity index (χ1) is 12.0. The summed E-state index contributed by atoms with van der Waals surface area (Å²) in [6, 6.07) is 15.1. The number of likely N-dealkylation sites (N-methyl/N-ethyl adjacent to an activating group) is 1. The Balaban J connectivity index is 1.72. The average molecular weight is 435 g/mol. The Kier molecular flexibility index (Phi) is 5.63. The summed E-state index contributed by atoms with van der Waals surface area (Å²) in [5, 5.41) is 10.3. The average Bonchev–Trinajstić information content (AvgIpc) is 3.11. The number of benzene rings is 2. The summed E-state index contributed by atoms with van der Waals surface area (Å²) in [5.41, 5.74) is 1.86. The predicted molar refractivity (Wildman–Crippen MR) is 107 cm³/mol. The van der Waals surface area contributed by atoms with Gasteiger partial charge < -0.3 is 0 Å². The van der Waals surface area contributed by atoms with Crippen molar-refractivity contribution >= 4 is 56.0 Å². The van der Waals surface area contributed by atoms with Gasteiger partial charge in [-0.2, -0.15) is 0 Å². The van der Waals surface area contributed by atoms with E-state index in [1.54, 1.807) is 25.3 Å². The smallest absolute Gasteiger partial charge is 0.252 e. The van der Waals surface area contributed by atoms with Crippen LogP contribution in [0.4, 0.5) is 5.13 Å². The first-order valence-electron chi connectivity index (χ1n) is 7.34. The van der Waals surface area contributed by atoms with E-state index in [-0.39, 0.29) is 5.91 Å². The first kappa shape index (κ1) is 17.8. The zero-order chi connectivity index (χ0) is 17.8. The third kappa shape index (κ3) is 4.54. The van der Waals surface area contributed by atoms with E-state index in [1.165, 1.54) is 22.3 Å². The molecule has 4 nitrogen and oxygen atoms in total. The summed E-state index contributed by atoms with van der Waals surface area (Å²) in [5.74, 6) is -0.173. The minimum absolute atomic E-state index is 0.173. The van der Waals surface area contributed by atoms with Crippen molar-refractivity contribution in [2.45, 2.75) is 0 Å². The molecule has 3 rings (SSSR count). The van der Waals surface area contributed by atoms with Crippen molar-refractivity contribution in [2.24, 2.45) is 0 Å². The maximum Gasteiger partial charge on any atom is 0.252 e. The standard InChI is InChI=1S/C18H13BrClN3OS/c1-23(16(24)11-4-12-2-9-15(20)10-3-12)18-22-21-17(25-18)13-5-7-14(19)8-6-13/h2-11H,1H3/b11-4+. The van der Waals surface area contributed by atoms with Gasteiger partial charge in [-0.3, -0.25) is 9.69 Å². The lowest BCUT2D eigenvalue weighted by molar-refractivity contribution is -0.113. The summed E-state index contributed by atoms with van der Waals surface area (Å²) in [4.78, 5) is 13.8. The lowest BCUT2D eigenvalue weighted by Crippen LogP contribution is -2.23. The number of halogens is 2. The second kappa shape index (κ2) is 7.91. The van der Waals surface area contributed by atoms with Crippen LogP contribution in [0.15, 0.2) is 59.1 Å². The second-order valence-electron chi connectivity index (χ2n) is 5.18. The first-order valence-corrected chi connectivity index (χ1v) is 9.32. The van der Waals surface area contributed by atoms with Gasteiger partial charge in [-0.25, -0.2) is 0 Å². The van der Waals surface area contributed by atoms with E-state index < -0.39 is 0 Å². The Labute approximate surface area is 162 Å². The van der Waals surface area contributed by atoms with Crippen LogP contribution in [0.2, 0.25) is 5.02 Å². The highest BCUT2D eigenvalue weighted by Crippen LogP contribution is 2.29. The fourth-order valence-electron chi connectivity index (χ4n) is 2.01. The zero-order valence-electron chi connectivity index (χ0n) is 13.2. The lowest BCUT2D eigenvalue weighted by Gasteiger charge is -2.09. The van der Waals surface area contributed by atoms with E-state index in [4.69, 9.17) is 11.6 Å². The molecule has 0 atom stereocenters. The highest BCUT2D eigenvalue weighted by molar-refractivity contribution is 9.10. The third-order valence-electron chi connectivity index (χ3n) is 3.41. The monoisotopic (exact) mass is 433 g/mol. The molecule has 0 bridgehead atoms. The van der Waals surface area contributed by atoms with Gasteiger partial charge in [0.05, 0.1) is 0 Å². The zero-order valence-corrected chi connectivity index (χ0v) is 16.3. The molecule has 126 valence electrons. The molecule has 25 heavy (non-hydrogen) atoms. The number of carbonyl (C=O) groups is 1. The van der Waals surface area contributed by atoms with Gasteiger partial charge in [0, 0.05) is 28.2 Å². The SMILES string of the molecule is CN(C(=O)/C=C/c1ccc(Cl)cc1)c1nnc(-c2ccc(Br)cc2)s1. The van der Waals surface area contributed by atoms with Gasteiger partial charge in [0.1, 0.15) is 5.01 Å². The van der Waals surface area contributed by atoms with E-state index in [2.05, 4.69) is 26.1 Å². The molecule has 3 aromatic rings. The highest BCUT2D eigenvalue weighted by Gasteiger charge is 2.14. The van der Waals surface area contributed by atoms with E-state index in [1.807, 2.05) is 36.4 Å². The van der Waals surface area contributed by atoms with E-state index in [0.717, 1.165) is 20.6 Å². The van der Waals surface area contributed by atoms with Gasteiger partial charge in [0.25, 0.3) is 5.91 Å². The molecule has 7 heteroatoms. The quantitative estimate of drug-likeness (QED) is 0.524. The van der Waals surface area contributed by atoms with Crippen LogP contribution in [-0.4, -0.2) is 23.2 Å². The Morgan fingerprint density at radius 1 is 1.12 bits per heavy atom. The second-order valence-corrected chi connectivity index (χ2v) is 7.49. The molecule has 0 N–H and O–H groups in total. The van der Waals surface area contributed by atoms with E-state index in [9.17, 15) is 4.79 Å². The predicted octanol–water partition coefficient (Wildman–Crippen LogP) is 5.30. The van der Waals surface area contributed by atoms with Crippen molar-refractivity contribution in [3.63, 3.8) is 0 Å². The Hall–Kier alpha value is -2.02. The summed E-state index contributed by atoms with van der Waals surface area (Å²) in [6.45, 7) is 0. The van der Waals surface area contributed by atoms with Crippen molar-refractivity contribution in [3.8, 4) is 10.6 Å². The van der Waals surface area contributed by atoms with Crippen LogP contribution in [0.25, 0.3) is 16.6 Å². The van der Waals surface area contributed by atoms with Gasteiger partial charge in [-0.1, -0.05) is 63.1 Å². The van der Waals surface area contributed by atoms with Crippen LogP contribution in [0.5, 0.6) is 0 Å². The van der Waals surface area contributed by atoms with Gasteiger partial charge in [0.2, 0.25) is 5.13 Å². The molecule has 1 aromatic heterocycles. The minimum atomic E-state index is -0.173. The largest absolute Gasteiger partial charge is 0.286 e. The molecule has 0 saturated heterocycles. The van der Waals surface area contributed by atoms with Crippen molar-refractivity contribution in [1.29, 1.82) is 0 Å². The molecule has 0 fully saturated rings. The van der Waals surface area contributed by atoms with Crippen LogP contribution in [0.1, 0.15) is 5.56 Å². The van der Waals surface area contributed by atoms with Crippen LogP contribution in [-0.2, 0) is 4.79 Å². The summed E-state index contributed by atoms with van der Waals surface area (Å²) in [7, 11) is 1.68. The number of carbonyl (C=O) groups excluding carboxylic acids is 1. The van der Waals surface area contributed by atoms with Crippen LogP contribution < -0.4 is 4.90 Å². The molecule has 0 saturated carbocycles. The summed E-state index contributed by atoms with van der Waals surface area (Å²) in [6.07, 6.45) is 3.25. The number of hydrogen-bond donors (Lipinski definition) is 0. The molecule has 0 aliphatic carbocycles. The number of nitrogens with zero attached hydrogens (tertiary/aromatic N) is 3. The van der Waals surface area contributed by atoms with Crippen LogP contribution >= 0.6 is 38.9 Å². The molecular weight excluding hydrogens is 422 g/mol. The number of aromatic nitrogens is 2. The van der Waals surface area contributed by atoms with Gasteiger partial charge in [0.15, 0.2) is 0 Å². The van der Waals surface area contributed by atoms with E-state index >= 15 is 0 Å². The van der Waals surface area contributed by atoms with Crippen molar-refractivity contribution in [1.82, 2.24) is 10.2 Å². The van der Waals surface area contributed by atoms with Crippen LogP contribution in [0, 0.1) is 0 Å². The highest BCUT2D eigenvalue weighted by atomic mass is 79.9.